The third-order valence-corrected chi connectivity index (χ3v) is 4.46. The maximum absolute atomic E-state index is 11.9. The van der Waals surface area contributed by atoms with E-state index in [1.54, 1.807) is 30.3 Å². The van der Waals surface area contributed by atoms with E-state index in [-0.39, 0.29) is 12.0 Å². The molecule has 0 amide bonds. The molecule has 5 heteroatoms. The zero-order valence-corrected chi connectivity index (χ0v) is 10.4. The Morgan fingerprint density at radius 1 is 1.12 bits per heavy atom. The minimum absolute atomic E-state index is 0.139. The minimum atomic E-state index is -3.16. The summed E-state index contributed by atoms with van der Waals surface area (Å²) in [5.41, 5.74) is 0. The largest absolute Gasteiger partial charge is 0.350 e. The zero-order valence-electron chi connectivity index (χ0n) is 9.54. The molecule has 0 aliphatic carbocycles. The first-order valence-corrected chi connectivity index (χ1v) is 7.35. The first kappa shape index (κ1) is 12.5. The number of hydrogen-bond acceptors (Lipinski definition) is 4. The Morgan fingerprint density at radius 2 is 1.76 bits per heavy atom. The summed E-state index contributed by atoms with van der Waals surface area (Å²) >= 11 is 0. The van der Waals surface area contributed by atoms with Crippen molar-refractivity contribution in [3.8, 4) is 0 Å². The molecule has 1 aromatic carbocycles. The summed E-state index contributed by atoms with van der Waals surface area (Å²) in [7, 11) is -3.16. The minimum Gasteiger partial charge on any atom is -0.350 e. The number of rotatable bonds is 5. The lowest BCUT2D eigenvalue weighted by Gasteiger charge is -2.08. The standard InChI is InChI=1S/C12H16O4S/c13-17(14,11-5-2-1-3-6-11)10-4-7-12-15-8-9-16-12/h1-3,5-6,12H,4,7-10H2. The molecule has 0 atom stereocenters. The Hall–Kier alpha value is -0.910. The number of ether oxygens (including phenoxy) is 2. The van der Waals surface area contributed by atoms with Crippen molar-refractivity contribution in [2.24, 2.45) is 0 Å². The average Bonchev–Trinajstić information content (AvgIpc) is 2.83. The van der Waals surface area contributed by atoms with Crippen LogP contribution in [0.5, 0.6) is 0 Å². The van der Waals surface area contributed by atoms with Gasteiger partial charge in [-0.1, -0.05) is 18.2 Å². The molecule has 1 aliphatic heterocycles. The van der Waals surface area contributed by atoms with Gasteiger partial charge in [0, 0.05) is 0 Å². The molecule has 0 N–H and O–H groups in total. The second-order valence-corrected chi connectivity index (χ2v) is 6.05. The molecule has 1 saturated heterocycles. The molecule has 0 unspecified atom stereocenters. The van der Waals surface area contributed by atoms with Gasteiger partial charge in [0.1, 0.15) is 0 Å². The fourth-order valence-corrected chi connectivity index (χ4v) is 3.11. The van der Waals surface area contributed by atoms with Crippen molar-refractivity contribution in [1.29, 1.82) is 0 Å². The van der Waals surface area contributed by atoms with Crippen LogP contribution in [-0.4, -0.2) is 33.7 Å². The predicted octanol–water partition coefficient (Wildman–Crippen LogP) is 1.61. The van der Waals surface area contributed by atoms with Crippen molar-refractivity contribution in [1.82, 2.24) is 0 Å². The maximum Gasteiger partial charge on any atom is 0.178 e. The van der Waals surface area contributed by atoms with E-state index < -0.39 is 9.84 Å². The Morgan fingerprint density at radius 3 is 2.41 bits per heavy atom. The molecule has 17 heavy (non-hydrogen) atoms. The monoisotopic (exact) mass is 256 g/mol. The van der Waals surface area contributed by atoms with E-state index in [2.05, 4.69) is 0 Å². The van der Waals surface area contributed by atoms with E-state index >= 15 is 0 Å². The van der Waals surface area contributed by atoms with Gasteiger partial charge < -0.3 is 9.47 Å². The van der Waals surface area contributed by atoms with Gasteiger partial charge in [-0.2, -0.15) is 0 Å². The molecule has 0 bridgehead atoms. The second kappa shape index (κ2) is 5.62. The summed E-state index contributed by atoms with van der Waals surface area (Å²) in [5, 5.41) is 0. The van der Waals surface area contributed by atoms with E-state index in [1.807, 2.05) is 0 Å². The third kappa shape index (κ3) is 3.52. The Kier molecular flexibility index (Phi) is 4.15. The topological polar surface area (TPSA) is 52.6 Å². The lowest BCUT2D eigenvalue weighted by molar-refractivity contribution is -0.0467. The van der Waals surface area contributed by atoms with Crippen molar-refractivity contribution in [3.63, 3.8) is 0 Å². The molecule has 94 valence electrons. The molecular weight excluding hydrogens is 240 g/mol. The summed E-state index contributed by atoms with van der Waals surface area (Å²) in [6, 6.07) is 8.52. The zero-order chi connectivity index (χ0) is 12.1. The molecule has 1 aliphatic rings. The van der Waals surface area contributed by atoms with Crippen LogP contribution in [0.4, 0.5) is 0 Å². The van der Waals surface area contributed by atoms with E-state index in [1.165, 1.54) is 0 Å². The average molecular weight is 256 g/mol. The van der Waals surface area contributed by atoms with Crippen molar-refractivity contribution in [3.05, 3.63) is 30.3 Å². The molecule has 0 radical (unpaired) electrons. The van der Waals surface area contributed by atoms with Crippen molar-refractivity contribution in [2.75, 3.05) is 19.0 Å². The van der Waals surface area contributed by atoms with E-state index in [9.17, 15) is 8.42 Å². The first-order chi connectivity index (χ1) is 8.18. The van der Waals surface area contributed by atoms with Crippen LogP contribution in [0, 0.1) is 0 Å². The molecule has 1 heterocycles. The number of sulfone groups is 1. The lowest BCUT2D eigenvalue weighted by Crippen LogP contribution is -2.12. The second-order valence-electron chi connectivity index (χ2n) is 3.95. The highest BCUT2D eigenvalue weighted by atomic mass is 32.2. The van der Waals surface area contributed by atoms with Gasteiger partial charge in [0.2, 0.25) is 0 Å². The van der Waals surface area contributed by atoms with Gasteiger partial charge in [0.25, 0.3) is 0 Å². The fourth-order valence-electron chi connectivity index (χ4n) is 1.76. The Balaban J connectivity index is 1.85. The predicted molar refractivity (Wildman–Crippen MR) is 63.4 cm³/mol. The Labute approximate surface area is 101 Å². The van der Waals surface area contributed by atoms with Crippen LogP contribution in [0.25, 0.3) is 0 Å². The number of hydrogen-bond donors (Lipinski definition) is 0. The van der Waals surface area contributed by atoms with E-state index in [0.29, 0.717) is 31.0 Å². The van der Waals surface area contributed by atoms with E-state index in [0.717, 1.165) is 0 Å². The summed E-state index contributed by atoms with van der Waals surface area (Å²) in [6.45, 7) is 1.21. The van der Waals surface area contributed by atoms with Crippen LogP contribution in [0.1, 0.15) is 12.8 Å². The third-order valence-electron chi connectivity index (χ3n) is 2.65. The van der Waals surface area contributed by atoms with Gasteiger partial charge in [-0.3, -0.25) is 0 Å². The molecule has 1 aromatic rings. The quantitative estimate of drug-likeness (QED) is 0.803. The summed E-state index contributed by atoms with van der Waals surface area (Å²) in [4.78, 5) is 0.383. The van der Waals surface area contributed by atoms with Gasteiger partial charge in [-0.25, -0.2) is 8.42 Å². The highest BCUT2D eigenvalue weighted by Crippen LogP contribution is 2.15. The molecule has 0 spiro atoms. The van der Waals surface area contributed by atoms with E-state index in [4.69, 9.17) is 9.47 Å². The van der Waals surface area contributed by atoms with Crippen molar-refractivity contribution < 1.29 is 17.9 Å². The molecule has 0 aromatic heterocycles. The number of benzene rings is 1. The van der Waals surface area contributed by atoms with Gasteiger partial charge >= 0.3 is 0 Å². The van der Waals surface area contributed by atoms with Crippen molar-refractivity contribution >= 4 is 9.84 Å². The van der Waals surface area contributed by atoms with Gasteiger partial charge in [-0.15, -0.1) is 0 Å². The molecule has 1 fully saturated rings. The smallest absolute Gasteiger partial charge is 0.178 e. The SMILES string of the molecule is O=S(=O)(CCCC1OCCO1)c1ccccc1. The molecule has 2 rings (SSSR count). The summed E-state index contributed by atoms with van der Waals surface area (Å²) in [5.74, 6) is 0.139. The van der Waals surface area contributed by atoms with Crippen LogP contribution >= 0.6 is 0 Å². The van der Waals surface area contributed by atoms with Crippen LogP contribution in [0.3, 0.4) is 0 Å². The lowest BCUT2D eigenvalue weighted by atomic mass is 10.3. The van der Waals surface area contributed by atoms with Gasteiger partial charge in [0.05, 0.1) is 23.9 Å². The normalized spacial score (nSPS) is 17.4. The fraction of sp³-hybridized carbons (Fsp3) is 0.500. The van der Waals surface area contributed by atoms with Crippen LogP contribution in [-0.2, 0) is 19.3 Å². The van der Waals surface area contributed by atoms with Gasteiger partial charge in [-0.05, 0) is 25.0 Å². The van der Waals surface area contributed by atoms with Gasteiger partial charge in [0.15, 0.2) is 16.1 Å². The summed E-state index contributed by atoms with van der Waals surface area (Å²) < 4.78 is 34.4. The van der Waals surface area contributed by atoms with Crippen molar-refractivity contribution in [2.45, 2.75) is 24.0 Å². The highest BCUT2D eigenvalue weighted by Gasteiger charge is 2.18. The first-order valence-electron chi connectivity index (χ1n) is 5.69. The molecule has 4 nitrogen and oxygen atoms in total. The molecule has 0 saturated carbocycles. The maximum atomic E-state index is 11.9. The Bertz CT molecular complexity index is 435. The van der Waals surface area contributed by atoms with Crippen LogP contribution in [0.2, 0.25) is 0 Å². The van der Waals surface area contributed by atoms with Crippen LogP contribution in [0.15, 0.2) is 35.2 Å². The highest BCUT2D eigenvalue weighted by molar-refractivity contribution is 7.91. The van der Waals surface area contributed by atoms with Crippen LogP contribution < -0.4 is 0 Å². The summed E-state index contributed by atoms with van der Waals surface area (Å²) in [6.07, 6.45) is 0.967. The molecular formula is C12H16O4S.